The van der Waals surface area contributed by atoms with E-state index in [4.69, 9.17) is 23.9 Å². The van der Waals surface area contributed by atoms with Gasteiger partial charge in [0.05, 0.1) is 11.9 Å². The first-order valence-electron chi connectivity index (χ1n) is 13.4. The Balaban J connectivity index is 1.35. The Morgan fingerprint density at radius 2 is 1.44 bits per heavy atom. The van der Waals surface area contributed by atoms with Gasteiger partial charge in [-0.3, -0.25) is 4.90 Å². The van der Waals surface area contributed by atoms with E-state index >= 15 is 0 Å². The highest BCUT2D eigenvalue weighted by atomic mass is 19.1. The number of hydrogen-bond acceptors (Lipinski definition) is 6. The van der Waals surface area contributed by atoms with Crippen molar-refractivity contribution in [2.75, 3.05) is 13.6 Å². The molecule has 1 unspecified atom stereocenters. The van der Waals surface area contributed by atoms with Gasteiger partial charge in [0.15, 0.2) is 23.0 Å². The lowest BCUT2D eigenvalue weighted by Crippen LogP contribution is -2.28. The van der Waals surface area contributed by atoms with Crippen molar-refractivity contribution in [2.45, 2.75) is 52.4 Å². The number of halogens is 1. The molecule has 1 atom stereocenters. The molecular formula is C31H32FN3O4. The molecule has 0 radical (unpaired) electrons. The maximum Gasteiger partial charge on any atom is 0.231 e. The number of hydrogen-bond donors (Lipinski definition) is 0. The van der Waals surface area contributed by atoms with Crippen molar-refractivity contribution in [2.24, 2.45) is 0 Å². The summed E-state index contributed by atoms with van der Waals surface area (Å²) in [4.78, 5) is 7.24. The molecule has 0 saturated heterocycles. The minimum Gasteiger partial charge on any atom is -0.454 e. The van der Waals surface area contributed by atoms with Crippen LogP contribution in [0.3, 0.4) is 0 Å². The third-order valence-electron chi connectivity index (χ3n) is 7.35. The second-order valence-corrected chi connectivity index (χ2v) is 9.97. The van der Waals surface area contributed by atoms with Crippen LogP contribution in [0.15, 0.2) is 66.9 Å². The minimum absolute atomic E-state index is 0.0272. The summed E-state index contributed by atoms with van der Waals surface area (Å²) in [5.74, 6) is 3.70. The van der Waals surface area contributed by atoms with E-state index in [2.05, 4.69) is 47.6 Å². The standard InChI is InChI=1S/C31H32FN3O4/c1-3-4-13-35-26(16-33-31(35)24-7-9-25(32)10-8-24)21(2)34(17-22-5-11-27-29(14-22)38-19-36-27)18-23-6-12-28-30(15-23)39-20-37-28/h5-12,14-16,21H,3-4,13,17-20H2,1-2H3. The van der Waals surface area contributed by atoms with E-state index in [1.807, 2.05) is 18.3 Å². The SMILES string of the molecule is CCCCn1c(C(C)N(Cc2ccc3c(c2)OCO3)Cc2ccc3c(c2)OCO3)cnc1-c1ccc(F)cc1. The van der Waals surface area contributed by atoms with E-state index in [0.29, 0.717) is 13.1 Å². The first kappa shape index (κ1) is 25.2. The number of ether oxygens (including phenoxy) is 4. The molecule has 7 nitrogen and oxygen atoms in total. The highest BCUT2D eigenvalue weighted by molar-refractivity contribution is 5.56. The van der Waals surface area contributed by atoms with Crippen molar-refractivity contribution < 1.29 is 23.3 Å². The second-order valence-electron chi connectivity index (χ2n) is 9.97. The zero-order valence-electron chi connectivity index (χ0n) is 22.2. The zero-order valence-corrected chi connectivity index (χ0v) is 22.2. The van der Waals surface area contributed by atoms with E-state index < -0.39 is 0 Å². The monoisotopic (exact) mass is 529 g/mol. The molecule has 4 aromatic rings. The van der Waals surface area contributed by atoms with Crippen molar-refractivity contribution in [3.05, 3.63) is 89.5 Å². The van der Waals surface area contributed by atoms with Gasteiger partial charge in [0.2, 0.25) is 13.6 Å². The smallest absolute Gasteiger partial charge is 0.231 e. The first-order chi connectivity index (χ1) is 19.1. The summed E-state index contributed by atoms with van der Waals surface area (Å²) in [6.45, 7) is 7.12. The summed E-state index contributed by atoms with van der Waals surface area (Å²) in [5.41, 5.74) is 4.28. The Kier molecular flexibility index (Phi) is 7.11. The normalized spacial score (nSPS) is 14.3. The van der Waals surface area contributed by atoms with Crippen LogP contribution >= 0.6 is 0 Å². The molecule has 0 amide bonds. The predicted molar refractivity (Wildman–Crippen MR) is 145 cm³/mol. The lowest BCUT2D eigenvalue weighted by atomic mass is 10.1. The molecule has 8 heteroatoms. The Morgan fingerprint density at radius 3 is 2.03 bits per heavy atom. The van der Waals surface area contributed by atoms with E-state index in [-0.39, 0.29) is 25.4 Å². The topological polar surface area (TPSA) is 58.0 Å². The number of aromatic nitrogens is 2. The number of benzene rings is 3. The van der Waals surface area contributed by atoms with Crippen molar-refractivity contribution in [3.8, 4) is 34.4 Å². The zero-order chi connectivity index (χ0) is 26.8. The first-order valence-corrected chi connectivity index (χ1v) is 13.4. The lowest BCUT2D eigenvalue weighted by Gasteiger charge is -2.30. The van der Waals surface area contributed by atoms with Crippen LogP contribution in [0.25, 0.3) is 11.4 Å². The van der Waals surface area contributed by atoms with Crippen LogP contribution in [0.2, 0.25) is 0 Å². The molecule has 2 aliphatic heterocycles. The Bertz CT molecular complexity index is 1390. The molecule has 202 valence electrons. The molecule has 6 rings (SSSR count). The summed E-state index contributed by atoms with van der Waals surface area (Å²) in [5, 5.41) is 0. The fourth-order valence-electron chi connectivity index (χ4n) is 5.17. The fourth-order valence-corrected chi connectivity index (χ4v) is 5.17. The fraction of sp³-hybridized carbons (Fsp3) is 0.323. The molecule has 1 aromatic heterocycles. The average Bonchev–Trinajstić information content (AvgIpc) is 3.70. The van der Waals surface area contributed by atoms with Crippen LogP contribution < -0.4 is 18.9 Å². The van der Waals surface area contributed by atoms with Gasteiger partial charge in [-0.2, -0.15) is 0 Å². The molecular weight excluding hydrogens is 497 g/mol. The predicted octanol–water partition coefficient (Wildman–Crippen LogP) is 6.71. The maximum atomic E-state index is 13.7. The van der Waals surface area contributed by atoms with Crippen LogP contribution in [0, 0.1) is 5.82 Å². The third-order valence-corrected chi connectivity index (χ3v) is 7.35. The molecule has 0 saturated carbocycles. The van der Waals surface area contributed by atoms with Gasteiger partial charge in [0.25, 0.3) is 0 Å². The van der Waals surface area contributed by atoms with Crippen molar-refractivity contribution in [1.29, 1.82) is 0 Å². The summed E-state index contributed by atoms with van der Waals surface area (Å²) in [6, 6.07) is 18.8. The van der Waals surface area contributed by atoms with Gasteiger partial charge in [-0.1, -0.05) is 25.5 Å². The van der Waals surface area contributed by atoms with Gasteiger partial charge in [0, 0.05) is 31.2 Å². The van der Waals surface area contributed by atoms with Gasteiger partial charge < -0.3 is 23.5 Å². The largest absolute Gasteiger partial charge is 0.454 e. The number of rotatable bonds is 10. The molecule has 0 fully saturated rings. The minimum atomic E-state index is -0.252. The van der Waals surface area contributed by atoms with Crippen LogP contribution in [0.5, 0.6) is 23.0 Å². The van der Waals surface area contributed by atoms with Crippen molar-refractivity contribution in [1.82, 2.24) is 14.5 Å². The van der Waals surface area contributed by atoms with Gasteiger partial charge in [0.1, 0.15) is 11.6 Å². The van der Waals surface area contributed by atoms with Crippen LogP contribution in [0.1, 0.15) is 49.6 Å². The van der Waals surface area contributed by atoms with Gasteiger partial charge in [-0.15, -0.1) is 0 Å². The molecule has 3 aromatic carbocycles. The Hall–Kier alpha value is -4.04. The van der Waals surface area contributed by atoms with Crippen LogP contribution in [-0.4, -0.2) is 28.0 Å². The molecule has 0 N–H and O–H groups in total. The highest BCUT2D eigenvalue weighted by Gasteiger charge is 2.25. The van der Waals surface area contributed by atoms with Crippen molar-refractivity contribution in [3.63, 3.8) is 0 Å². The molecule has 3 heterocycles. The third kappa shape index (κ3) is 5.29. The number of fused-ring (bicyclic) bond motifs is 2. The number of unbranched alkanes of at least 4 members (excludes halogenated alkanes) is 1. The van der Waals surface area contributed by atoms with E-state index in [9.17, 15) is 4.39 Å². The van der Waals surface area contributed by atoms with Gasteiger partial charge in [-0.05, 0) is 73.0 Å². The van der Waals surface area contributed by atoms with E-state index in [0.717, 1.165) is 70.6 Å². The summed E-state index contributed by atoms with van der Waals surface area (Å²) in [6.07, 6.45) is 4.05. The lowest BCUT2D eigenvalue weighted by molar-refractivity contribution is 0.173. The van der Waals surface area contributed by atoms with E-state index in [1.54, 1.807) is 12.1 Å². The Labute approximate surface area is 227 Å². The quantitative estimate of drug-likeness (QED) is 0.228. The maximum absolute atomic E-state index is 13.7. The van der Waals surface area contributed by atoms with Crippen molar-refractivity contribution >= 4 is 0 Å². The molecule has 2 aliphatic rings. The van der Waals surface area contributed by atoms with Gasteiger partial charge >= 0.3 is 0 Å². The van der Waals surface area contributed by atoms with Crippen LogP contribution in [-0.2, 0) is 19.6 Å². The summed E-state index contributed by atoms with van der Waals surface area (Å²) < 4.78 is 38.3. The molecule has 0 bridgehead atoms. The van der Waals surface area contributed by atoms with Crippen LogP contribution in [0.4, 0.5) is 4.39 Å². The second kappa shape index (κ2) is 11.0. The molecule has 0 aliphatic carbocycles. The summed E-state index contributed by atoms with van der Waals surface area (Å²) in [7, 11) is 0. The number of nitrogens with zero attached hydrogens (tertiary/aromatic N) is 3. The van der Waals surface area contributed by atoms with E-state index in [1.165, 1.54) is 12.1 Å². The highest BCUT2D eigenvalue weighted by Crippen LogP contribution is 2.36. The number of imidazole rings is 1. The molecule has 39 heavy (non-hydrogen) atoms. The van der Waals surface area contributed by atoms with Gasteiger partial charge in [-0.25, -0.2) is 9.37 Å². The summed E-state index contributed by atoms with van der Waals surface area (Å²) >= 11 is 0. The Morgan fingerprint density at radius 1 is 0.846 bits per heavy atom. The average molecular weight is 530 g/mol. The molecule has 0 spiro atoms.